The summed E-state index contributed by atoms with van der Waals surface area (Å²) >= 11 is 0. The Balaban J connectivity index is 2.03. The van der Waals surface area contributed by atoms with Crippen molar-refractivity contribution in [2.24, 2.45) is 0 Å². The van der Waals surface area contributed by atoms with Gasteiger partial charge < -0.3 is 9.88 Å². The van der Waals surface area contributed by atoms with Gasteiger partial charge in [0, 0.05) is 36.6 Å². The molecule has 2 aromatic carbocycles. The molecule has 124 valence electrons. The van der Waals surface area contributed by atoms with E-state index in [0.717, 1.165) is 27.7 Å². The molecule has 1 aromatic heterocycles. The zero-order valence-corrected chi connectivity index (χ0v) is 14.0. The third-order valence-electron chi connectivity index (χ3n) is 4.42. The lowest BCUT2D eigenvalue weighted by atomic mass is 10.0. The predicted molar refractivity (Wildman–Crippen MR) is 95.3 cm³/mol. The highest BCUT2D eigenvalue weighted by atomic mass is 19.1. The second kappa shape index (κ2) is 6.87. The average molecular weight is 324 g/mol. The second-order valence-corrected chi connectivity index (χ2v) is 5.94. The van der Waals surface area contributed by atoms with E-state index in [0.29, 0.717) is 19.4 Å². The van der Waals surface area contributed by atoms with Crippen LogP contribution < -0.4 is 0 Å². The number of H-pyrrole nitrogens is 1. The molecular formula is C20H21FN2O. The molecule has 1 heterocycles. The summed E-state index contributed by atoms with van der Waals surface area (Å²) in [6, 6.07) is 14.7. The van der Waals surface area contributed by atoms with Crippen LogP contribution in [0.25, 0.3) is 22.2 Å². The van der Waals surface area contributed by atoms with Crippen LogP contribution in [0.1, 0.15) is 18.9 Å². The molecule has 0 saturated heterocycles. The van der Waals surface area contributed by atoms with Crippen LogP contribution in [0.3, 0.4) is 0 Å². The maximum Gasteiger partial charge on any atom is 0.222 e. The summed E-state index contributed by atoms with van der Waals surface area (Å²) in [6.45, 7) is 2.64. The molecule has 0 unspecified atom stereocenters. The van der Waals surface area contributed by atoms with Crippen molar-refractivity contribution >= 4 is 16.8 Å². The third kappa shape index (κ3) is 3.18. The topological polar surface area (TPSA) is 36.1 Å². The molecule has 0 aliphatic heterocycles. The summed E-state index contributed by atoms with van der Waals surface area (Å²) < 4.78 is 13.7. The molecule has 3 nitrogen and oxygen atoms in total. The van der Waals surface area contributed by atoms with Gasteiger partial charge in [-0.3, -0.25) is 4.79 Å². The molecule has 24 heavy (non-hydrogen) atoms. The Labute approximate surface area is 141 Å². The Morgan fingerprint density at radius 1 is 1.17 bits per heavy atom. The minimum Gasteiger partial charge on any atom is -0.354 e. The quantitative estimate of drug-likeness (QED) is 0.742. The number of aryl methyl sites for hydroxylation is 1. The van der Waals surface area contributed by atoms with E-state index >= 15 is 0 Å². The predicted octanol–water partition coefficient (Wildman–Crippen LogP) is 4.38. The first-order valence-corrected chi connectivity index (χ1v) is 8.19. The molecule has 3 aromatic rings. The molecule has 0 saturated carbocycles. The minimum atomic E-state index is -0.264. The molecule has 3 rings (SSSR count). The largest absolute Gasteiger partial charge is 0.354 e. The summed E-state index contributed by atoms with van der Waals surface area (Å²) in [5, 5.41) is 0.848. The maximum absolute atomic E-state index is 13.7. The van der Waals surface area contributed by atoms with Crippen molar-refractivity contribution in [3.8, 4) is 11.3 Å². The van der Waals surface area contributed by atoms with Crippen molar-refractivity contribution in [3.63, 3.8) is 0 Å². The lowest BCUT2D eigenvalue weighted by Crippen LogP contribution is -2.26. The van der Waals surface area contributed by atoms with Crippen LogP contribution in [0, 0.1) is 5.82 Å². The number of hydrogen-bond acceptors (Lipinski definition) is 1. The maximum atomic E-state index is 13.7. The zero-order chi connectivity index (χ0) is 17.1. The SMILES string of the molecule is CCN(C)C(=O)CCc1c(-c2ccccc2)[nH]c2ccc(F)cc12. The van der Waals surface area contributed by atoms with E-state index in [1.54, 1.807) is 24.1 Å². The number of carbonyl (C=O) groups is 1. The zero-order valence-electron chi connectivity index (χ0n) is 14.0. The fourth-order valence-corrected chi connectivity index (χ4v) is 2.93. The number of nitrogens with one attached hydrogen (secondary N) is 1. The summed E-state index contributed by atoms with van der Waals surface area (Å²) in [7, 11) is 1.80. The van der Waals surface area contributed by atoms with Crippen LogP contribution >= 0.6 is 0 Å². The molecule has 0 bridgehead atoms. The lowest BCUT2D eigenvalue weighted by Gasteiger charge is -2.14. The van der Waals surface area contributed by atoms with E-state index in [2.05, 4.69) is 4.98 Å². The number of rotatable bonds is 5. The number of fused-ring (bicyclic) bond motifs is 1. The number of benzene rings is 2. The van der Waals surface area contributed by atoms with Gasteiger partial charge in [-0.05, 0) is 42.7 Å². The molecule has 0 aliphatic carbocycles. The van der Waals surface area contributed by atoms with Gasteiger partial charge in [0.1, 0.15) is 5.82 Å². The van der Waals surface area contributed by atoms with Gasteiger partial charge in [-0.25, -0.2) is 4.39 Å². The molecule has 0 radical (unpaired) electrons. The van der Waals surface area contributed by atoms with Gasteiger partial charge in [-0.15, -0.1) is 0 Å². The van der Waals surface area contributed by atoms with Crippen LogP contribution in [0.4, 0.5) is 4.39 Å². The normalized spacial score (nSPS) is 11.0. The summed E-state index contributed by atoms with van der Waals surface area (Å²) in [5.74, 6) is -0.165. The van der Waals surface area contributed by atoms with Crippen LogP contribution in [0.2, 0.25) is 0 Å². The van der Waals surface area contributed by atoms with Gasteiger partial charge in [0.2, 0.25) is 5.91 Å². The average Bonchev–Trinajstić information content (AvgIpc) is 2.97. The van der Waals surface area contributed by atoms with Gasteiger partial charge in [-0.2, -0.15) is 0 Å². The molecular weight excluding hydrogens is 303 g/mol. The van der Waals surface area contributed by atoms with Crippen molar-refractivity contribution in [1.29, 1.82) is 0 Å². The Morgan fingerprint density at radius 2 is 1.92 bits per heavy atom. The Hall–Kier alpha value is -2.62. The van der Waals surface area contributed by atoms with Crippen LogP contribution in [0.5, 0.6) is 0 Å². The fraction of sp³-hybridized carbons (Fsp3) is 0.250. The molecule has 0 spiro atoms. The third-order valence-corrected chi connectivity index (χ3v) is 4.42. The van der Waals surface area contributed by atoms with Crippen molar-refractivity contribution < 1.29 is 9.18 Å². The van der Waals surface area contributed by atoms with Crippen LogP contribution in [-0.2, 0) is 11.2 Å². The summed E-state index contributed by atoms with van der Waals surface area (Å²) in [4.78, 5) is 17.3. The number of aromatic nitrogens is 1. The van der Waals surface area contributed by atoms with Crippen LogP contribution in [0.15, 0.2) is 48.5 Å². The first-order chi connectivity index (χ1) is 11.6. The lowest BCUT2D eigenvalue weighted by molar-refractivity contribution is -0.129. The van der Waals surface area contributed by atoms with Gasteiger partial charge in [0.15, 0.2) is 0 Å². The van der Waals surface area contributed by atoms with E-state index in [9.17, 15) is 9.18 Å². The number of aromatic amines is 1. The van der Waals surface area contributed by atoms with E-state index < -0.39 is 0 Å². The molecule has 4 heteroatoms. The van der Waals surface area contributed by atoms with Crippen molar-refractivity contribution in [2.45, 2.75) is 19.8 Å². The number of amides is 1. The number of hydrogen-bond donors (Lipinski definition) is 1. The van der Waals surface area contributed by atoms with E-state index in [1.165, 1.54) is 6.07 Å². The van der Waals surface area contributed by atoms with Crippen molar-refractivity contribution in [3.05, 3.63) is 59.9 Å². The first kappa shape index (κ1) is 16.2. The molecule has 1 amide bonds. The highest BCUT2D eigenvalue weighted by molar-refractivity contribution is 5.91. The number of carbonyl (C=O) groups excluding carboxylic acids is 1. The Kier molecular flexibility index (Phi) is 4.65. The fourth-order valence-electron chi connectivity index (χ4n) is 2.93. The van der Waals surface area contributed by atoms with Crippen LogP contribution in [-0.4, -0.2) is 29.4 Å². The first-order valence-electron chi connectivity index (χ1n) is 8.19. The summed E-state index contributed by atoms with van der Waals surface area (Å²) in [5.41, 5.74) is 3.89. The second-order valence-electron chi connectivity index (χ2n) is 5.94. The van der Waals surface area contributed by atoms with E-state index in [-0.39, 0.29) is 11.7 Å². The number of halogens is 1. The Morgan fingerprint density at radius 3 is 2.62 bits per heavy atom. The van der Waals surface area contributed by atoms with Crippen molar-refractivity contribution in [1.82, 2.24) is 9.88 Å². The van der Waals surface area contributed by atoms with Gasteiger partial charge in [-0.1, -0.05) is 30.3 Å². The highest BCUT2D eigenvalue weighted by Gasteiger charge is 2.16. The smallest absolute Gasteiger partial charge is 0.222 e. The summed E-state index contributed by atoms with van der Waals surface area (Å²) in [6.07, 6.45) is 0.991. The number of nitrogens with zero attached hydrogens (tertiary/aromatic N) is 1. The highest BCUT2D eigenvalue weighted by Crippen LogP contribution is 2.31. The molecule has 1 N–H and O–H groups in total. The van der Waals surface area contributed by atoms with E-state index in [1.807, 2.05) is 37.3 Å². The van der Waals surface area contributed by atoms with Gasteiger partial charge in [0.25, 0.3) is 0 Å². The molecule has 0 fully saturated rings. The van der Waals surface area contributed by atoms with Gasteiger partial charge >= 0.3 is 0 Å². The molecule has 0 aliphatic rings. The standard InChI is InChI=1S/C20H21FN2O/c1-3-23(2)19(24)12-10-16-17-13-15(21)9-11-18(17)22-20(16)14-7-5-4-6-8-14/h4-9,11,13,22H,3,10,12H2,1-2H3. The Bertz CT molecular complexity index is 855. The molecule has 0 atom stereocenters. The van der Waals surface area contributed by atoms with Gasteiger partial charge in [0.05, 0.1) is 0 Å². The minimum absolute atomic E-state index is 0.0993. The monoisotopic (exact) mass is 324 g/mol. The van der Waals surface area contributed by atoms with Crippen molar-refractivity contribution in [2.75, 3.05) is 13.6 Å². The van der Waals surface area contributed by atoms with E-state index in [4.69, 9.17) is 0 Å².